The molecule has 0 aromatic heterocycles. The van der Waals surface area contributed by atoms with Crippen LogP contribution in [0.25, 0.3) is 0 Å². The molecule has 2 rings (SSSR count). The van der Waals surface area contributed by atoms with E-state index in [2.05, 4.69) is 5.32 Å². The van der Waals surface area contributed by atoms with Gasteiger partial charge < -0.3 is 19.9 Å². The van der Waals surface area contributed by atoms with Crippen molar-refractivity contribution in [1.29, 1.82) is 0 Å². The van der Waals surface area contributed by atoms with E-state index in [-0.39, 0.29) is 18.1 Å². The zero-order chi connectivity index (χ0) is 18.9. The first kappa shape index (κ1) is 20.5. The van der Waals surface area contributed by atoms with Crippen LogP contribution in [0.1, 0.15) is 38.7 Å². The standard InChI is InChI=1S/C20H32N2O4/c1-4-25-18-10-9-15(13-19(18)26-5-2)11-12-21-20(24)14-22(3)16-7-6-8-17(16)23/h9-10,13,16-17,23H,4-8,11-12,14H2,1-3H3,(H,21,24). The number of aliphatic hydroxyl groups excluding tert-OH is 1. The predicted molar refractivity (Wildman–Crippen MR) is 102 cm³/mol. The van der Waals surface area contributed by atoms with Crippen molar-refractivity contribution in [2.75, 3.05) is 33.4 Å². The molecule has 0 radical (unpaired) electrons. The van der Waals surface area contributed by atoms with Crippen molar-refractivity contribution in [3.05, 3.63) is 23.8 Å². The average molecular weight is 364 g/mol. The summed E-state index contributed by atoms with van der Waals surface area (Å²) in [6.45, 7) is 5.95. The van der Waals surface area contributed by atoms with Crippen LogP contribution < -0.4 is 14.8 Å². The molecule has 2 atom stereocenters. The van der Waals surface area contributed by atoms with Crippen molar-refractivity contribution < 1.29 is 19.4 Å². The van der Waals surface area contributed by atoms with E-state index >= 15 is 0 Å². The quantitative estimate of drug-likeness (QED) is 0.664. The second-order valence-corrected chi connectivity index (χ2v) is 6.73. The predicted octanol–water partition coefficient (Wildman–Crippen LogP) is 1.99. The Labute approximate surface area is 156 Å². The van der Waals surface area contributed by atoms with Gasteiger partial charge in [0.05, 0.1) is 25.9 Å². The number of rotatable bonds is 10. The maximum Gasteiger partial charge on any atom is 0.234 e. The van der Waals surface area contributed by atoms with Gasteiger partial charge in [-0.2, -0.15) is 0 Å². The largest absolute Gasteiger partial charge is 0.490 e. The molecule has 0 spiro atoms. The number of nitrogens with one attached hydrogen (secondary N) is 1. The zero-order valence-electron chi connectivity index (χ0n) is 16.2. The Morgan fingerprint density at radius 3 is 2.62 bits per heavy atom. The van der Waals surface area contributed by atoms with Gasteiger partial charge in [-0.15, -0.1) is 0 Å². The second kappa shape index (κ2) is 10.4. The van der Waals surface area contributed by atoms with Crippen molar-refractivity contribution in [3.63, 3.8) is 0 Å². The molecular weight excluding hydrogens is 332 g/mol. The summed E-state index contributed by atoms with van der Waals surface area (Å²) in [5.41, 5.74) is 1.09. The number of likely N-dealkylation sites (N-methyl/N-ethyl adjacent to an activating group) is 1. The van der Waals surface area contributed by atoms with E-state index in [0.717, 1.165) is 42.7 Å². The van der Waals surface area contributed by atoms with Crippen LogP contribution in [0.5, 0.6) is 11.5 Å². The summed E-state index contributed by atoms with van der Waals surface area (Å²) in [7, 11) is 1.90. The Bertz CT molecular complexity index is 579. The Morgan fingerprint density at radius 1 is 1.23 bits per heavy atom. The monoisotopic (exact) mass is 364 g/mol. The highest BCUT2D eigenvalue weighted by Gasteiger charge is 2.29. The van der Waals surface area contributed by atoms with Gasteiger partial charge in [-0.05, 0) is 64.3 Å². The summed E-state index contributed by atoms with van der Waals surface area (Å²) in [6.07, 6.45) is 3.23. The number of carbonyl (C=O) groups excluding carboxylic acids is 1. The van der Waals surface area contributed by atoms with E-state index in [1.54, 1.807) is 0 Å². The van der Waals surface area contributed by atoms with Gasteiger partial charge in [0.2, 0.25) is 5.91 Å². The molecule has 0 aliphatic heterocycles. The average Bonchev–Trinajstić information content (AvgIpc) is 3.03. The van der Waals surface area contributed by atoms with E-state index in [1.165, 1.54) is 0 Å². The zero-order valence-corrected chi connectivity index (χ0v) is 16.2. The third kappa shape index (κ3) is 5.88. The van der Waals surface area contributed by atoms with Crippen LogP contribution >= 0.6 is 0 Å². The van der Waals surface area contributed by atoms with Gasteiger partial charge in [-0.1, -0.05) is 6.07 Å². The molecule has 0 heterocycles. The molecule has 1 aliphatic rings. The minimum Gasteiger partial charge on any atom is -0.490 e. The number of hydrogen-bond donors (Lipinski definition) is 2. The van der Waals surface area contributed by atoms with Gasteiger partial charge in [-0.25, -0.2) is 0 Å². The molecule has 6 nitrogen and oxygen atoms in total. The molecule has 1 aromatic carbocycles. The number of carbonyl (C=O) groups is 1. The topological polar surface area (TPSA) is 71.0 Å². The van der Waals surface area contributed by atoms with Crippen LogP contribution in [-0.2, 0) is 11.2 Å². The molecule has 1 amide bonds. The lowest BCUT2D eigenvalue weighted by molar-refractivity contribution is -0.122. The van der Waals surface area contributed by atoms with Gasteiger partial charge in [0.25, 0.3) is 0 Å². The Morgan fingerprint density at radius 2 is 1.96 bits per heavy atom. The summed E-state index contributed by atoms with van der Waals surface area (Å²) >= 11 is 0. The maximum absolute atomic E-state index is 12.1. The molecule has 2 N–H and O–H groups in total. The molecular formula is C20H32N2O4. The number of nitrogens with zero attached hydrogens (tertiary/aromatic N) is 1. The molecule has 0 saturated heterocycles. The number of amides is 1. The fourth-order valence-electron chi connectivity index (χ4n) is 3.43. The van der Waals surface area contributed by atoms with Gasteiger partial charge in [0, 0.05) is 12.6 Å². The van der Waals surface area contributed by atoms with E-state index in [4.69, 9.17) is 9.47 Å². The molecule has 1 aliphatic carbocycles. The number of ether oxygens (including phenoxy) is 2. The molecule has 1 aromatic rings. The van der Waals surface area contributed by atoms with Crippen molar-refractivity contribution >= 4 is 5.91 Å². The lowest BCUT2D eigenvalue weighted by Crippen LogP contribution is -2.44. The number of hydrogen-bond acceptors (Lipinski definition) is 5. The first-order valence-electron chi connectivity index (χ1n) is 9.58. The summed E-state index contributed by atoms with van der Waals surface area (Å²) in [5.74, 6) is 1.48. The van der Waals surface area contributed by atoms with E-state index in [0.29, 0.717) is 26.3 Å². The van der Waals surface area contributed by atoms with Crippen molar-refractivity contribution in [1.82, 2.24) is 10.2 Å². The van der Waals surface area contributed by atoms with Crippen molar-refractivity contribution in [2.45, 2.75) is 51.7 Å². The fraction of sp³-hybridized carbons (Fsp3) is 0.650. The Hall–Kier alpha value is -1.79. The van der Waals surface area contributed by atoms with Crippen molar-refractivity contribution in [2.24, 2.45) is 0 Å². The third-order valence-electron chi connectivity index (χ3n) is 4.75. The highest BCUT2D eigenvalue weighted by atomic mass is 16.5. The smallest absolute Gasteiger partial charge is 0.234 e. The highest BCUT2D eigenvalue weighted by Crippen LogP contribution is 2.28. The molecule has 0 bridgehead atoms. The number of benzene rings is 1. The fourth-order valence-corrected chi connectivity index (χ4v) is 3.43. The van der Waals surface area contributed by atoms with Gasteiger partial charge >= 0.3 is 0 Å². The van der Waals surface area contributed by atoms with Crippen LogP contribution in [-0.4, -0.2) is 61.4 Å². The molecule has 1 fully saturated rings. The Balaban J connectivity index is 1.79. The summed E-state index contributed by atoms with van der Waals surface area (Å²) in [5, 5.41) is 12.9. The molecule has 146 valence electrons. The lowest BCUT2D eigenvalue weighted by Gasteiger charge is -2.26. The van der Waals surface area contributed by atoms with Gasteiger partial charge in [0.15, 0.2) is 11.5 Å². The Kier molecular flexibility index (Phi) is 8.19. The van der Waals surface area contributed by atoms with Crippen LogP contribution in [0, 0.1) is 0 Å². The first-order valence-corrected chi connectivity index (χ1v) is 9.58. The summed E-state index contributed by atoms with van der Waals surface area (Å²) in [6, 6.07) is 5.99. The third-order valence-corrected chi connectivity index (χ3v) is 4.75. The second-order valence-electron chi connectivity index (χ2n) is 6.73. The number of aliphatic hydroxyl groups is 1. The molecule has 2 unspecified atom stereocenters. The minimum atomic E-state index is -0.311. The van der Waals surface area contributed by atoms with E-state index < -0.39 is 0 Å². The van der Waals surface area contributed by atoms with Gasteiger partial charge in [-0.3, -0.25) is 9.69 Å². The first-order chi connectivity index (χ1) is 12.5. The van der Waals surface area contributed by atoms with Crippen LogP contribution in [0.3, 0.4) is 0 Å². The normalized spacial score (nSPS) is 19.6. The van der Waals surface area contributed by atoms with E-state index in [1.807, 2.05) is 44.0 Å². The van der Waals surface area contributed by atoms with Crippen LogP contribution in [0.4, 0.5) is 0 Å². The summed E-state index contributed by atoms with van der Waals surface area (Å²) in [4.78, 5) is 14.1. The minimum absolute atomic E-state index is 0.0115. The molecule has 26 heavy (non-hydrogen) atoms. The highest BCUT2D eigenvalue weighted by molar-refractivity contribution is 5.78. The van der Waals surface area contributed by atoms with Crippen molar-refractivity contribution in [3.8, 4) is 11.5 Å². The SMILES string of the molecule is CCOc1ccc(CCNC(=O)CN(C)C2CCCC2O)cc1OCC. The maximum atomic E-state index is 12.1. The lowest BCUT2D eigenvalue weighted by atomic mass is 10.1. The van der Waals surface area contributed by atoms with E-state index in [9.17, 15) is 9.90 Å². The van der Waals surface area contributed by atoms with Crippen LogP contribution in [0.2, 0.25) is 0 Å². The van der Waals surface area contributed by atoms with Gasteiger partial charge in [0.1, 0.15) is 0 Å². The van der Waals surface area contributed by atoms with Crippen LogP contribution in [0.15, 0.2) is 18.2 Å². The summed E-state index contributed by atoms with van der Waals surface area (Å²) < 4.78 is 11.2. The molecule has 1 saturated carbocycles. The molecule has 6 heteroatoms.